The molecule has 0 heterocycles. The highest BCUT2D eigenvalue weighted by Crippen LogP contribution is 2.15. The molecule has 0 spiro atoms. The van der Waals surface area contributed by atoms with Crippen molar-refractivity contribution >= 4 is 27.4 Å². The van der Waals surface area contributed by atoms with Crippen molar-refractivity contribution in [2.24, 2.45) is 0 Å². The average molecular weight is 389 g/mol. The first kappa shape index (κ1) is 20.8. The fraction of sp³-hybridized carbons (Fsp3) is 0.263. The number of nitrogens with zero attached hydrogens (tertiary/aromatic N) is 1. The van der Waals surface area contributed by atoms with E-state index in [1.54, 1.807) is 24.3 Å². The van der Waals surface area contributed by atoms with Gasteiger partial charge in [-0.1, -0.05) is 12.1 Å². The third-order valence-electron chi connectivity index (χ3n) is 3.80. The molecular weight excluding hydrogens is 366 g/mol. The summed E-state index contributed by atoms with van der Waals surface area (Å²) >= 11 is 0. The smallest absolute Gasteiger partial charge is 0.255 e. The molecule has 2 rings (SSSR count). The van der Waals surface area contributed by atoms with Gasteiger partial charge in [-0.15, -0.1) is 0 Å². The van der Waals surface area contributed by atoms with Gasteiger partial charge >= 0.3 is 0 Å². The number of nitrogens with one attached hydrogen (secondary N) is 2. The largest absolute Gasteiger partial charge is 0.322 e. The molecule has 0 unspecified atom stereocenters. The molecule has 144 valence electrons. The van der Waals surface area contributed by atoms with Crippen molar-refractivity contribution in [3.63, 3.8) is 0 Å². The third-order valence-corrected chi connectivity index (χ3v) is 5.28. The van der Waals surface area contributed by atoms with E-state index in [9.17, 15) is 18.0 Å². The number of carbonyl (C=O) groups is 2. The van der Waals surface area contributed by atoms with Crippen LogP contribution in [0, 0.1) is 0 Å². The minimum absolute atomic E-state index is 0.0939. The Hall–Kier alpha value is -2.55. The summed E-state index contributed by atoms with van der Waals surface area (Å²) in [6.07, 6.45) is 0. The second kappa shape index (κ2) is 8.90. The molecule has 0 aliphatic rings. The Morgan fingerprint density at radius 3 is 2.26 bits per heavy atom. The van der Waals surface area contributed by atoms with E-state index < -0.39 is 10.0 Å². The van der Waals surface area contributed by atoms with Crippen molar-refractivity contribution < 1.29 is 18.0 Å². The van der Waals surface area contributed by atoms with E-state index in [4.69, 9.17) is 0 Å². The molecule has 0 aromatic heterocycles. The average Bonchev–Trinajstić information content (AvgIpc) is 2.61. The summed E-state index contributed by atoms with van der Waals surface area (Å²) < 4.78 is 27.0. The van der Waals surface area contributed by atoms with E-state index in [1.807, 2.05) is 19.0 Å². The summed E-state index contributed by atoms with van der Waals surface area (Å²) in [5.41, 5.74) is 1.31. The predicted octanol–water partition coefficient (Wildman–Crippen LogP) is 1.98. The van der Waals surface area contributed by atoms with Crippen LogP contribution in [0.3, 0.4) is 0 Å². The predicted molar refractivity (Wildman–Crippen MR) is 105 cm³/mol. The van der Waals surface area contributed by atoms with Crippen LogP contribution in [0.1, 0.15) is 27.6 Å². The van der Waals surface area contributed by atoms with Crippen LogP contribution in [-0.4, -0.2) is 52.2 Å². The first-order valence-electron chi connectivity index (χ1n) is 8.36. The number of anilines is 1. The lowest BCUT2D eigenvalue weighted by Crippen LogP contribution is -2.31. The zero-order valence-corrected chi connectivity index (χ0v) is 16.3. The number of amides is 1. The van der Waals surface area contributed by atoms with Gasteiger partial charge in [-0.3, -0.25) is 9.59 Å². The molecular formula is C19H23N3O4S. The maximum atomic E-state index is 12.3. The summed E-state index contributed by atoms with van der Waals surface area (Å²) in [6.45, 7) is 2.33. The van der Waals surface area contributed by atoms with Gasteiger partial charge < -0.3 is 10.2 Å². The van der Waals surface area contributed by atoms with Gasteiger partial charge in [0.2, 0.25) is 10.0 Å². The van der Waals surface area contributed by atoms with E-state index >= 15 is 0 Å². The van der Waals surface area contributed by atoms with Crippen LogP contribution >= 0.6 is 0 Å². The van der Waals surface area contributed by atoms with Gasteiger partial charge in [0.1, 0.15) is 0 Å². The van der Waals surface area contributed by atoms with Crippen molar-refractivity contribution in [2.75, 3.05) is 32.5 Å². The Bertz CT molecular complexity index is 922. The number of sulfonamides is 1. The lowest BCUT2D eigenvalue weighted by molar-refractivity contribution is 0.101. The Balaban J connectivity index is 2.07. The second-order valence-corrected chi connectivity index (χ2v) is 8.08. The number of hydrogen-bond donors (Lipinski definition) is 2. The Labute approximate surface area is 159 Å². The first-order chi connectivity index (χ1) is 12.7. The van der Waals surface area contributed by atoms with E-state index in [2.05, 4.69) is 10.0 Å². The number of rotatable bonds is 8. The lowest BCUT2D eigenvalue weighted by atomic mass is 10.1. The topological polar surface area (TPSA) is 95.6 Å². The van der Waals surface area contributed by atoms with Crippen molar-refractivity contribution in [1.29, 1.82) is 0 Å². The molecule has 27 heavy (non-hydrogen) atoms. The highest BCUT2D eigenvalue weighted by Gasteiger charge is 2.15. The van der Waals surface area contributed by atoms with E-state index in [1.165, 1.54) is 31.2 Å². The summed E-state index contributed by atoms with van der Waals surface area (Å²) in [4.78, 5) is 25.7. The molecule has 7 nitrogen and oxygen atoms in total. The monoisotopic (exact) mass is 389 g/mol. The zero-order chi connectivity index (χ0) is 20.0. The fourth-order valence-electron chi connectivity index (χ4n) is 2.29. The summed E-state index contributed by atoms with van der Waals surface area (Å²) in [5, 5.41) is 2.70. The lowest BCUT2D eigenvalue weighted by Gasteiger charge is -2.11. The minimum atomic E-state index is -3.62. The molecule has 0 aliphatic carbocycles. The van der Waals surface area contributed by atoms with Crippen molar-refractivity contribution in [3.8, 4) is 0 Å². The van der Waals surface area contributed by atoms with Crippen LogP contribution in [0.25, 0.3) is 0 Å². The Morgan fingerprint density at radius 1 is 1.00 bits per heavy atom. The minimum Gasteiger partial charge on any atom is -0.322 e. The summed E-state index contributed by atoms with van der Waals surface area (Å²) in [7, 11) is 0.0916. The van der Waals surface area contributed by atoms with Crippen LogP contribution in [0.15, 0.2) is 53.4 Å². The molecule has 0 atom stereocenters. The zero-order valence-electron chi connectivity index (χ0n) is 15.5. The highest BCUT2D eigenvalue weighted by molar-refractivity contribution is 7.89. The van der Waals surface area contributed by atoms with Crippen LogP contribution in [0.2, 0.25) is 0 Å². The third kappa shape index (κ3) is 5.99. The van der Waals surface area contributed by atoms with Crippen LogP contribution in [0.5, 0.6) is 0 Å². The van der Waals surface area contributed by atoms with Crippen molar-refractivity contribution in [1.82, 2.24) is 9.62 Å². The first-order valence-corrected chi connectivity index (χ1v) is 9.84. The molecule has 8 heteroatoms. The van der Waals surface area contributed by atoms with Crippen LogP contribution in [-0.2, 0) is 10.0 Å². The van der Waals surface area contributed by atoms with Crippen LogP contribution < -0.4 is 10.0 Å². The molecule has 0 radical (unpaired) electrons. The number of hydrogen-bond acceptors (Lipinski definition) is 5. The van der Waals surface area contributed by atoms with Gasteiger partial charge in [0, 0.05) is 29.9 Å². The van der Waals surface area contributed by atoms with Gasteiger partial charge in [0.05, 0.1) is 4.90 Å². The van der Waals surface area contributed by atoms with Gasteiger partial charge in [0.25, 0.3) is 5.91 Å². The number of carbonyl (C=O) groups excluding carboxylic acids is 2. The maximum absolute atomic E-state index is 12.3. The van der Waals surface area contributed by atoms with Gasteiger partial charge in [-0.2, -0.15) is 0 Å². The van der Waals surface area contributed by atoms with Crippen LogP contribution in [0.4, 0.5) is 5.69 Å². The molecule has 2 N–H and O–H groups in total. The van der Waals surface area contributed by atoms with Gasteiger partial charge in [-0.05, 0) is 57.4 Å². The number of benzene rings is 2. The van der Waals surface area contributed by atoms with Crippen molar-refractivity contribution in [3.05, 3.63) is 59.7 Å². The number of Topliss-reactive ketones (excluding diaryl/α,β-unsaturated/α-hetero) is 1. The molecule has 0 bridgehead atoms. The second-order valence-electron chi connectivity index (χ2n) is 6.32. The molecule has 0 aliphatic heterocycles. The fourth-order valence-corrected chi connectivity index (χ4v) is 3.31. The van der Waals surface area contributed by atoms with Crippen molar-refractivity contribution in [2.45, 2.75) is 11.8 Å². The maximum Gasteiger partial charge on any atom is 0.255 e. The number of likely N-dealkylation sites (N-methyl/N-ethyl adjacent to an activating group) is 1. The van der Waals surface area contributed by atoms with E-state index in [0.717, 1.165) is 0 Å². The quantitative estimate of drug-likeness (QED) is 0.673. The molecule has 2 aromatic rings. The standard InChI is InChI=1S/C19H23N3O4S/c1-14(23)16-5-4-6-17(13-16)21-19(24)15-7-9-18(10-8-15)27(25,26)20-11-12-22(2)3/h4-10,13,20H,11-12H2,1-3H3,(H,21,24). The Morgan fingerprint density at radius 2 is 1.67 bits per heavy atom. The summed E-state index contributed by atoms with van der Waals surface area (Å²) in [6, 6.07) is 12.3. The molecule has 0 fully saturated rings. The van der Waals surface area contributed by atoms with E-state index in [0.29, 0.717) is 29.9 Å². The number of ketones is 1. The summed E-state index contributed by atoms with van der Waals surface area (Å²) in [5.74, 6) is -0.484. The van der Waals surface area contributed by atoms with Gasteiger partial charge in [0.15, 0.2) is 5.78 Å². The molecule has 1 amide bonds. The van der Waals surface area contributed by atoms with Gasteiger partial charge in [-0.25, -0.2) is 13.1 Å². The Kier molecular flexibility index (Phi) is 6.84. The molecule has 0 saturated carbocycles. The normalized spacial score (nSPS) is 11.4. The van der Waals surface area contributed by atoms with E-state index in [-0.39, 0.29) is 16.6 Å². The highest BCUT2D eigenvalue weighted by atomic mass is 32.2. The molecule has 0 saturated heterocycles. The molecule has 2 aromatic carbocycles. The SMILES string of the molecule is CC(=O)c1cccc(NC(=O)c2ccc(S(=O)(=O)NCCN(C)C)cc2)c1.